The number of nitrogens with zero attached hydrogens (tertiary/aromatic N) is 2. The predicted molar refractivity (Wildman–Crippen MR) is 93.8 cm³/mol. The van der Waals surface area contributed by atoms with Crippen molar-refractivity contribution in [1.82, 2.24) is 9.88 Å². The van der Waals surface area contributed by atoms with Crippen molar-refractivity contribution in [3.05, 3.63) is 32.7 Å². The van der Waals surface area contributed by atoms with Gasteiger partial charge in [-0.15, -0.1) is 0 Å². The molecular formula is C19H27N3O2. The quantitative estimate of drug-likeness (QED) is 0.863. The normalized spacial score (nSPS) is 15.6. The van der Waals surface area contributed by atoms with Crippen LogP contribution in [0.4, 0.5) is 0 Å². The van der Waals surface area contributed by atoms with Crippen LogP contribution in [0.15, 0.2) is 4.79 Å². The molecule has 1 fully saturated rings. The average Bonchev–Trinajstić information content (AvgIpc) is 2.83. The van der Waals surface area contributed by atoms with Crippen LogP contribution in [0.3, 0.4) is 0 Å². The van der Waals surface area contributed by atoms with Crippen molar-refractivity contribution in [2.75, 3.05) is 7.05 Å². The van der Waals surface area contributed by atoms with E-state index in [2.05, 4.69) is 4.98 Å². The van der Waals surface area contributed by atoms with Crippen LogP contribution in [-0.2, 0) is 11.2 Å². The standard InChI is InChI=1S/C19H27N3O2/c1-13-16(14(2)21-19(24)17(13)12-20)10-11-18(23)22(3)15-8-6-4-5-7-9-15/h15H,4-11H2,1-3H3,(H,21,24). The molecule has 1 heterocycles. The SMILES string of the molecule is Cc1[nH]c(=O)c(C#N)c(C)c1CCC(=O)N(C)C1CCCCCC1. The number of nitriles is 1. The highest BCUT2D eigenvalue weighted by Gasteiger charge is 2.21. The zero-order valence-corrected chi connectivity index (χ0v) is 14.9. The third kappa shape index (κ3) is 4.05. The molecule has 0 unspecified atom stereocenters. The molecule has 1 aliphatic carbocycles. The van der Waals surface area contributed by atoms with Gasteiger partial charge in [0.25, 0.3) is 5.56 Å². The van der Waals surface area contributed by atoms with E-state index in [0.717, 1.165) is 24.1 Å². The molecule has 1 N–H and O–H groups in total. The number of aromatic amines is 1. The molecule has 0 spiro atoms. The number of hydrogen-bond donors (Lipinski definition) is 1. The van der Waals surface area contributed by atoms with E-state index in [1.165, 1.54) is 25.7 Å². The van der Waals surface area contributed by atoms with Crippen molar-refractivity contribution in [3.8, 4) is 6.07 Å². The first-order valence-electron chi connectivity index (χ1n) is 8.83. The van der Waals surface area contributed by atoms with E-state index in [1.54, 1.807) is 6.92 Å². The lowest BCUT2D eigenvalue weighted by Gasteiger charge is -2.27. The number of amides is 1. The average molecular weight is 329 g/mol. The fourth-order valence-corrected chi connectivity index (χ4v) is 3.68. The summed E-state index contributed by atoms with van der Waals surface area (Å²) >= 11 is 0. The Hall–Kier alpha value is -2.09. The maximum Gasteiger partial charge on any atom is 0.266 e. The Bertz CT molecular complexity index is 692. The highest BCUT2D eigenvalue weighted by molar-refractivity contribution is 5.76. The molecule has 0 bridgehead atoms. The summed E-state index contributed by atoms with van der Waals surface area (Å²) in [5, 5.41) is 9.13. The minimum Gasteiger partial charge on any atom is -0.343 e. The zero-order chi connectivity index (χ0) is 17.7. The number of carbonyl (C=O) groups is 1. The summed E-state index contributed by atoms with van der Waals surface area (Å²) in [6, 6.07) is 2.32. The highest BCUT2D eigenvalue weighted by Crippen LogP contribution is 2.22. The van der Waals surface area contributed by atoms with Gasteiger partial charge in [-0.25, -0.2) is 0 Å². The van der Waals surface area contributed by atoms with E-state index in [4.69, 9.17) is 5.26 Å². The maximum absolute atomic E-state index is 12.6. The summed E-state index contributed by atoms with van der Waals surface area (Å²) in [6.45, 7) is 3.61. The molecule has 0 aliphatic heterocycles. The van der Waals surface area contributed by atoms with Gasteiger partial charge in [-0.1, -0.05) is 25.7 Å². The second kappa shape index (κ2) is 8.14. The van der Waals surface area contributed by atoms with E-state index < -0.39 is 0 Å². The smallest absolute Gasteiger partial charge is 0.266 e. The van der Waals surface area contributed by atoms with Crippen molar-refractivity contribution in [2.45, 2.75) is 71.3 Å². The van der Waals surface area contributed by atoms with Crippen molar-refractivity contribution >= 4 is 5.91 Å². The molecule has 1 amide bonds. The van der Waals surface area contributed by atoms with E-state index in [1.807, 2.05) is 24.9 Å². The van der Waals surface area contributed by atoms with Crippen LogP contribution in [0.25, 0.3) is 0 Å². The number of hydrogen-bond acceptors (Lipinski definition) is 3. The van der Waals surface area contributed by atoms with Crippen LogP contribution in [0, 0.1) is 25.2 Å². The highest BCUT2D eigenvalue weighted by atomic mass is 16.2. The third-order valence-electron chi connectivity index (χ3n) is 5.27. The molecule has 1 aromatic heterocycles. The number of carbonyl (C=O) groups excluding carboxylic acids is 1. The molecule has 130 valence electrons. The van der Waals surface area contributed by atoms with E-state index >= 15 is 0 Å². The Morgan fingerprint density at radius 3 is 2.46 bits per heavy atom. The molecule has 0 aromatic carbocycles. The lowest BCUT2D eigenvalue weighted by atomic mass is 9.98. The first-order valence-corrected chi connectivity index (χ1v) is 8.83. The Morgan fingerprint density at radius 2 is 1.88 bits per heavy atom. The zero-order valence-electron chi connectivity index (χ0n) is 14.9. The summed E-state index contributed by atoms with van der Waals surface area (Å²) < 4.78 is 0. The first kappa shape index (κ1) is 18.3. The summed E-state index contributed by atoms with van der Waals surface area (Å²) in [4.78, 5) is 29.0. The fraction of sp³-hybridized carbons (Fsp3) is 0.632. The number of aromatic nitrogens is 1. The van der Waals surface area contributed by atoms with E-state index in [0.29, 0.717) is 24.4 Å². The molecule has 5 heteroatoms. The number of rotatable bonds is 4. The lowest BCUT2D eigenvalue weighted by molar-refractivity contribution is -0.132. The Balaban J connectivity index is 2.06. The molecule has 0 radical (unpaired) electrons. The lowest BCUT2D eigenvalue weighted by Crippen LogP contribution is -2.37. The summed E-state index contributed by atoms with van der Waals surface area (Å²) in [6.07, 6.45) is 8.09. The van der Waals surface area contributed by atoms with Crippen molar-refractivity contribution < 1.29 is 4.79 Å². The molecule has 24 heavy (non-hydrogen) atoms. The summed E-state index contributed by atoms with van der Waals surface area (Å²) in [5.41, 5.74) is 2.16. The van der Waals surface area contributed by atoms with Crippen LogP contribution >= 0.6 is 0 Å². The monoisotopic (exact) mass is 329 g/mol. The van der Waals surface area contributed by atoms with Gasteiger partial charge < -0.3 is 9.88 Å². The van der Waals surface area contributed by atoms with Crippen molar-refractivity contribution in [2.24, 2.45) is 0 Å². The van der Waals surface area contributed by atoms with E-state index in [9.17, 15) is 9.59 Å². The summed E-state index contributed by atoms with van der Waals surface area (Å²) in [5.74, 6) is 0.144. The molecule has 1 aromatic rings. The molecule has 0 saturated heterocycles. The fourth-order valence-electron chi connectivity index (χ4n) is 3.68. The van der Waals surface area contributed by atoms with Gasteiger partial charge >= 0.3 is 0 Å². The Kier molecular flexibility index (Phi) is 6.19. The first-order chi connectivity index (χ1) is 11.5. The van der Waals surface area contributed by atoms with Crippen LogP contribution in [-0.4, -0.2) is 28.9 Å². The minimum atomic E-state index is -0.349. The topological polar surface area (TPSA) is 77.0 Å². The third-order valence-corrected chi connectivity index (χ3v) is 5.27. The van der Waals surface area contributed by atoms with Gasteiger partial charge in [0.2, 0.25) is 5.91 Å². The minimum absolute atomic E-state index is 0.144. The number of aryl methyl sites for hydroxylation is 1. The largest absolute Gasteiger partial charge is 0.343 e. The maximum atomic E-state index is 12.6. The van der Waals surface area contributed by atoms with Crippen LogP contribution in [0.2, 0.25) is 0 Å². The van der Waals surface area contributed by atoms with Gasteiger partial charge in [0, 0.05) is 25.2 Å². The van der Waals surface area contributed by atoms with Crippen LogP contribution in [0.5, 0.6) is 0 Å². The van der Waals surface area contributed by atoms with Crippen molar-refractivity contribution in [1.29, 1.82) is 5.26 Å². The van der Waals surface area contributed by atoms with Gasteiger partial charge in [0.1, 0.15) is 11.6 Å². The summed E-state index contributed by atoms with van der Waals surface area (Å²) in [7, 11) is 1.91. The van der Waals surface area contributed by atoms with Crippen LogP contribution < -0.4 is 5.56 Å². The van der Waals surface area contributed by atoms with Gasteiger partial charge in [-0.2, -0.15) is 5.26 Å². The second-order valence-electron chi connectivity index (χ2n) is 6.82. The molecule has 2 rings (SSSR count). The Morgan fingerprint density at radius 1 is 1.25 bits per heavy atom. The van der Waals surface area contributed by atoms with E-state index in [-0.39, 0.29) is 17.0 Å². The number of pyridine rings is 1. The van der Waals surface area contributed by atoms with Gasteiger partial charge in [-0.05, 0) is 44.2 Å². The molecule has 0 atom stereocenters. The number of nitrogens with one attached hydrogen (secondary N) is 1. The molecular weight excluding hydrogens is 302 g/mol. The van der Waals surface area contributed by atoms with Gasteiger partial charge in [0.15, 0.2) is 0 Å². The molecule has 1 aliphatic rings. The van der Waals surface area contributed by atoms with Gasteiger partial charge in [-0.3, -0.25) is 9.59 Å². The molecule has 1 saturated carbocycles. The molecule has 5 nitrogen and oxygen atoms in total. The number of H-pyrrole nitrogens is 1. The van der Waals surface area contributed by atoms with Gasteiger partial charge in [0.05, 0.1) is 0 Å². The van der Waals surface area contributed by atoms with Crippen LogP contribution in [0.1, 0.15) is 67.3 Å². The second-order valence-corrected chi connectivity index (χ2v) is 6.82. The van der Waals surface area contributed by atoms with Crippen molar-refractivity contribution in [3.63, 3.8) is 0 Å². The Labute approximate surface area is 143 Å². The predicted octanol–water partition coefficient (Wildman–Crippen LogP) is 2.98.